The van der Waals surface area contributed by atoms with Gasteiger partial charge in [0.2, 0.25) is 5.95 Å². The zero-order chi connectivity index (χ0) is 17.6. The summed E-state index contributed by atoms with van der Waals surface area (Å²) in [5.41, 5.74) is 4.92. The number of hydrogen-bond donors (Lipinski definition) is 7. The van der Waals surface area contributed by atoms with Gasteiger partial charge < -0.3 is 35.0 Å². The molecule has 14 heteroatoms. The molecule has 0 aliphatic carbocycles. The van der Waals surface area contributed by atoms with Gasteiger partial charge in [0.25, 0.3) is 5.56 Å². The average molecular weight is 362 g/mol. The van der Waals surface area contributed by atoms with Crippen LogP contribution >= 0.6 is 7.74 Å². The van der Waals surface area contributed by atoms with Gasteiger partial charge in [-0.15, -0.1) is 0 Å². The summed E-state index contributed by atoms with van der Waals surface area (Å²) in [6.07, 6.45) is -3.97. The van der Waals surface area contributed by atoms with E-state index in [1.54, 1.807) is 0 Å². The maximum Gasteiger partial charge on any atom is 0.347 e. The van der Waals surface area contributed by atoms with Crippen molar-refractivity contribution in [3.8, 4) is 0 Å². The highest BCUT2D eigenvalue weighted by Crippen LogP contribution is 2.39. The number of ether oxygens (including phenoxy) is 1. The molecule has 8 N–H and O–H groups in total. The second kappa shape index (κ2) is 5.89. The number of imidazole rings is 1. The highest BCUT2D eigenvalue weighted by molar-refractivity contribution is 7.47. The summed E-state index contributed by atoms with van der Waals surface area (Å²) in [4.78, 5) is 39.7. The number of fused-ring (bicyclic) bond motifs is 1. The van der Waals surface area contributed by atoms with E-state index in [1.807, 2.05) is 0 Å². The van der Waals surface area contributed by atoms with E-state index in [1.165, 1.54) is 10.9 Å². The molecule has 3 rings (SSSR count). The molecular formula is C10H15N6O7P. The molecule has 0 unspecified atom stereocenters. The van der Waals surface area contributed by atoms with Crippen molar-refractivity contribution in [2.45, 2.75) is 24.5 Å². The van der Waals surface area contributed by atoms with Crippen LogP contribution in [0.1, 0.15) is 6.23 Å². The van der Waals surface area contributed by atoms with Crippen LogP contribution < -0.4 is 11.3 Å². The number of nitrogens with one attached hydrogen (secondary N) is 2. The first-order chi connectivity index (χ1) is 11.2. The van der Waals surface area contributed by atoms with Crippen LogP contribution in [0.5, 0.6) is 0 Å². The van der Waals surface area contributed by atoms with Crippen molar-refractivity contribution < 1.29 is 29.3 Å². The number of aromatic amines is 1. The van der Waals surface area contributed by atoms with Gasteiger partial charge in [-0.1, -0.05) is 0 Å². The Labute approximate surface area is 133 Å². The molecule has 3 heterocycles. The maximum atomic E-state index is 11.8. The van der Waals surface area contributed by atoms with E-state index in [2.05, 4.69) is 19.5 Å². The largest absolute Gasteiger partial charge is 0.387 e. The lowest BCUT2D eigenvalue weighted by atomic mass is 10.1. The van der Waals surface area contributed by atoms with Crippen molar-refractivity contribution >= 4 is 24.8 Å². The third kappa shape index (κ3) is 3.06. The lowest BCUT2D eigenvalue weighted by molar-refractivity contribution is -0.0492. The van der Waals surface area contributed by atoms with E-state index in [0.29, 0.717) is 0 Å². The van der Waals surface area contributed by atoms with Crippen LogP contribution in [-0.2, 0) is 9.26 Å². The van der Waals surface area contributed by atoms with Gasteiger partial charge in [-0.05, 0) is 0 Å². The van der Waals surface area contributed by atoms with E-state index >= 15 is 0 Å². The Morgan fingerprint density at radius 3 is 2.83 bits per heavy atom. The Balaban J connectivity index is 1.90. The number of aromatic nitrogens is 4. The van der Waals surface area contributed by atoms with Crippen LogP contribution in [0.15, 0.2) is 11.1 Å². The standard InChI is InChI=1S/C10H15N6O7P/c11-10-14-7-4(8(19)15-10)13-2-16(7)9-6(18)5(17)3(23-9)1-22-24(12,20)21/h2-3,5-6,9,17-18H,1H2,(H3,12,20,21)(H3,11,14,15,19)/t3-,5-,6-,9-/m1/s1. The van der Waals surface area contributed by atoms with Crippen LogP contribution in [0.3, 0.4) is 0 Å². The smallest absolute Gasteiger partial charge is 0.347 e. The number of aliphatic hydroxyl groups is 2. The molecule has 4 atom stereocenters. The number of rotatable bonds is 4. The van der Waals surface area contributed by atoms with E-state index < -0.39 is 44.4 Å². The van der Waals surface area contributed by atoms with Crippen LogP contribution in [0.4, 0.5) is 5.95 Å². The monoisotopic (exact) mass is 362 g/mol. The first-order valence-electron chi connectivity index (χ1n) is 6.65. The van der Waals surface area contributed by atoms with Crippen molar-refractivity contribution in [1.82, 2.24) is 19.5 Å². The zero-order valence-corrected chi connectivity index (χ0v) is 12.9. The minimum Gasteiger partial charge on any atom is -0.387 e. The fourth-order valence-electron chi connectivity index (χ4n) is 2.40. The van der Waals surface area contributed by atoms with E-state index in [4.69, 9.17) is 25.4 Å². The summed E-state index contributed by atoms with van der Waals surface area (Å²) in [6, 6.07) is 0. The Morgan fingerprint density at radius 1 is 1.46 bits per heavy atom. The number of nitrogens with zero attached hydrogens (tertiary/aromatic N) is 3. The van der Waals surface area contributed by atoms with E-state index in [9.17, 15) is 15.0 Å². The fraction of sp³-hybridized carbons (Fsp3) is 0.500. The summed E-state index contributed by atoms with van der Waals surface area (Å²) in [5, 5.41) is 27.0. The van der Waals surface area contributed by atoms with Crippen molar-refractivity contribution in [3.63, 3.8) is 0 Å². The van der Waals surface area contributed by atoms with Crippen molar-refractivity contribution in [2.75, 3.05) is 12.3 Å². The summed E-state index contributed by atoms with van der Waals surface area (Å²) >= 11 is 0. The Kier molecular flexibility index (Phi) is 4.17. The van der Waals surface area contributed by atoms with Gasteiger partial charge >= 0.3 is 7.74 Å². The summed E-state index contributed by atoms with van der Waals surface area (Å²) in [7, 11) is -4.26. The highest BCUT2D eigenvalue weighted by atomic mass is 31.2. The third-order valence-corrected chi connectivity index (χ3v) is 3.99. The lowest BCUT2D eigenvalue weighted by Crippen LogP contribution is -2.33. The molecule has 1 aliphatic heterocycles. The maximum absolute atomic E-state index is 11.8. The molecule has 1 saturated heterocycles. The number of nitrogens with two attached hydrogens (primary N) is 1. The molecule has 0 aromatic carbocycles. The molecule has 0 radical (unpaired) electrons. The Hall–Kier alpha value is -1.86. The van der Waals surface area contributed by atoms with Gasteiger partial charge in [-0.25, -0.2) is 10.1 Å². The SMILES string of the molecule is N=P(O)(O)OC[C@H]1O[C@@H](n2cnc3c(=O)[nH]c(N)nc32)[C@H](O)[C@@H]1O. The molecule has 0 spiro atoms. The fourth-order valence-corrected chi connectivity index (χ4v) is 2.76. The van der Waals surface area contributed by atoms with Crippen LogP contribution in [0.25, 0.3) is 11.2 Å². The summed E-state index contributed by atoms with van der Waals surface area (Å²) < 4.78 is 11.1. The Morgan fingerprint density at radius 2 is 2.17 bits per heavy atom. The van der Waals surface area contributed by atoms with Crippen molar-refractivity contribution in [2.24, 2.45) is 0 Å². The average Bonchev–Trinajstić information content (AvgIpc) is 3.00. The van der Waals surface area contributed by atoms with Gasteiger partial charge in [0.1, 0.15) is 18.3 Å². The van der Waals surface area contributed by atoms with Gasteiger partial charge in [0.15, 0.2) is 17.4 Å². The molecule has 13 nitrogen and oxygen atoms in total. The molecule has 132 valence electrons. The zero-order valence-electron chi connectivity index (χ0n) is 12.0. The number of nitrogen functional groups attached to an aromatic ring is 1. The second-order valence-electron chi connectivity index (χ2n) is 5.16. The molecule has 1 aliphatic rings. The number of aliphatic hydroxyl groups excluding tert-OH is 2. The van der Waals surface area contributed by atoms with Crippen molar-refractivity contribution in [3.05, 3.63) is 16.7 Å². The van der Waals surface area contributed by atoms with Crippen LogP contribution in [0.2, 0.25) is 0 Å². The molecule has 0 amide bonds. The molecule has 0 bridgehead atoms. The topological polar surface area (TPSA) is 213 Å². The van der Waals surface area contributed by atoms with Crippen molar-refractivity contribution in [1.29, 1.82) is 5.16 Å². The van der Waals surface area contributed by atoms with E-state index in [0.717, 1.165) is 0 Å². The van der Waals surface area contributed by atoms with Gasteiger partial charge in [-0.3, -0.25) is 14.3 Å². The highest BCUT2D eigenvalue weighted by Gasteiger charge is 2.45. The second-order valence-corrected chi connectivity index (χ2v) is 6.51. The minimum atomic E-state index is -4.26. The molecular weight excluding hydrogens is 347 g/mol. The first kappa shape index (κ1) is 17.0. The van der Waals surface area contributed by atoms with Gasteiger partial charge in [-0.2, -0.15) is 4.98 Å². The Bertz CT molecular complexity index is 861. The van der Waals surface area contributed by atoms with E-state index in [-0.39, 0.29) is 17.1 Å². The van der Waals surface area contributed by atoms with Gasteiger partial charge in [0, 0.05) is 0 Å². The van der Waals surface area contributed by atoms with Crippen LogP contribution in [0, 0.1) is 5.16 Å². The molecule has 2 aromatic rings. The lowest BCUT2D eigenvalue weighted by Gasteiger charge is -2.16. The van der Waals surface area contributed by atoms with Crippen LogP contribution in [-0.4, -0.2) is 64.4 Å². The molecule has 2 aromatic heterocycles. The normalized spacial score (nSPS) is 27.8. The number of H-pyrrole nitrogens is 1. The summed E-state index contributed by atoms with van der Waals surface area (Å²) in [5.74, 6) is -0.161. The van der Waals surface area contributed by atoms with Gasteiger partial charge in [0.05, 0.1) is 12.9 Å². The third-order valence-electron chi connectivity index (χ3n) is 3.48. The quantitative estimate of drug-likeness (QED) is 0.293. The predicted molar refractivity (Wildman–Crippen MR) is 78.5 cm³/mol. The molecule has 24 heavy (non-hydrogen) atoms. The summed E-state index contributed by atoms with van der Waals surface area (Å²) in [6.45, 7) is -0.526. The first-order valence-corrected chi connectivity index (χ1v) is 8.27. The predicted octanol–water partition coefficient (Wildman–Crippen LogP) is -2.15. The molecule has 0 saturated carbocycles. The molecule has 1 fully saturated rings. The minimum absolute atomic E-state index is 0.0315. The number of anilines is 1. The number of hydrogen-bond acceptors (Lipinski definition) is 9.